The van der Waals surface area contributed by atoms with Gasteiger partial charge in [0.2, 0.25) is 0 Å². The van der Waals surface area contributed by atoms with Crippen molar-refractivity contribution >= 4 is 17.6 Å². The van der Waals surface area contributed by atoms with Crippen LogP contribution >= 0.6 is 11.6 Å². The van der Waals surface area contributed by atoms with E-state index in [0.29, 0.717) is 22.3 Å². The number of hydrogen-bond donors (Lipinski definition) is 1. The fraction of sp³-hybridized carbons (Fsp3) is 0.273. The number of rotatable bonds is 7. The first kappa shape index (κ1) is 20.0. The van der Waals surface area contributed by atoms with Crippen molar-refractivity contribution in [2.24, 2.45) is 5.92 Å². The smallest absolute Gasteiger partial charge is 0.307 e. The van der Waals surface area contributed by atoms with Crippen LogP contribution in [0.2, 0.25) is 5.02 Å². The fourth-order valence-electron chi connectivity index (χ4n) is 3.13. The van der Waals surface area contributed by atoms with Gasteiger partial charge in [-0.05, 0) is 47.4 Å². The molecule has 0 aliphatic carbocycles. The molecule has 2 aromatic carbocycles. The summed E-state index contributed by atoms with van der Waals surface area (Å²) in [6, 6.07) is 15.1. The lowest BCUT2D eigenvalue weighted by Crippen LogP contribution is -2.07. The molecule has 0 unspecified atom stereocenters. The molecule has 0 aliphatic rings. The number of nitrogens with zero attached hydrogens (tertiary/aromatic N) is 2. The monoisotopic (exact) mass is 398 g/mol. The molecule has 28 heavy (non-hydrogen) atoms. The van der Waals surface area contributed by atoms with Gasteiger partial charge in [-0.2, -0.15) is 5.10 Å². The Hall–Kier alpha value is -2.79. The molecule has 0 aliphatic heterocycles. The van der Waals surface area contributed by atoms with Crippen molar-refractivity contribution in [3.8, 4) is 28.3 Å². The van der Waals surface area contributed by atoms with E-state index >= 15 is 0 Å². The first-order valence-corrected chi connectivity index (χ1v) is 9.48. The standard InChI is InChI=1S/C22H23ClN2O3/c1-14(2)13-25-20(16-5-7-17(23)8-6-16)12-19(24-25)18-10-15(11-22(26)27)4-9-21(18)28-3/h4-10,12,14H,11,13H2,1-3H3,(H,26,27). The van der Waals surface area contributed by atoms with Crippen molar-refractivity contribution in [2.75, 3.05) is 7.11 Å². The van der Waals surface area contributed by atoms with Gasteiger partial charge in [0.05, 0.1) is 24.9 Å². The van der Waals surface area contributed by atoms with Crippen molar-refractivity contribution in [2.45, 2.75) is 26.8 Å². The molecule has 0 fully saturated rings. The number of benzene rings is 2. The predicted molar refractivity (Wildman–Crippen MR) is 111 cm³/mol. The quantitative estimate of drug-likeness (QED) is 0.596. The predicted octanol–water partition coefficient (Wildman–Crippen LogP) is 5.16. The summed E-state index contributed by atoms with van der Waals surface area (Å²) in [5.74, 6) is 0.202. The molecule has 6 heteroatoms. The topological polar surface area (TPSA) is 64.3 Å². The summed E-state index contributed by atoms with van der Waals surface area (Å²) in [5.41, 5.74) is 4.22. The van der Waals surface area contributed by atoms with Gasteiger partial charge >= 0.3 is 5.97 Å². The zero-order valence-electron chi connectivity index (χ0n) is 16.1. The Labute approximate surface area is 169 Å². The van der Waals surface area contributed by atoms with Gasteiger partial charge in [-0.15, -0.1) is 0 Å². The van der Waals surface area contributed by atoms with Gasteiger partial charge in [0.15, 0.2) is 0 Å². The van der Waals surface area contributed by atoms with Crippen LogP contribution in [0.5, 0.6) is 5.75 Å². The Morgan fingerprint density at radius 2 is 1.89 bits per heavy atom. The lowest BCUT2D eigenvalue weighted by Gasteiger charge is -2.10. The number of methoxy groups -OCH3 is 1. The Bertz CT molecular complexity index is 978. The molecule has 1 aromatic heterocycles. The molecule has 5 nitrogen and oxygen atoms in total. The van der Waals surface area contributed by atoms with Crippen LogP contribution in [-0.2, 0) is 17.8 Å². The van der Waals surface area contributed by atoms with Crippen LogP contribution in [-0.4, -0.2) is 28.0 Å². The van der Waals surface area contributed by atoms with E-state index in [1.807, 2.05) is 41.1 Å². The van der Waals surface area contributed by atoms with E-state index < -0.39 is 5.97 Å². The maximum atomic E-state index is 11.1. The number of aliphatic carboxylic acids is 1. The lowest BCUT2D eigenvalue weighted by atomic mass is 10.0. The number of carboxylic acids is 1. The normalized spacial score (nSPS) is 11.0. The Morgan fingerprint density at radius 3 is 2.50 bits per heavy atom. The molecule has 0 saturated carbocycles. The Kier molecular flexibility index (Phi) is 6.05. The third kappa shape index (κ3) is 4.54. The highest BCUT2D eigenvalue weighted by atomic mass is 35.5. The van der Waals surface area contributed by atoms with E-state index in [-0.39, 0.29) is 6.42 Å². The molecule has 0 radical (unpaired) electrons. The van der Waals surface area contributed by atoms with E-state index in [1.54, 1.807) is 19.2 Å². The van der Waals surface area contributed by atoms with Gasteiger partial charge in [-0.1, -0.05) is 43.6 Å². The Balaban J connectivity index is 2.11. The zero-order valence-corrected chi connectivity index (χ0v) is 16.9. The second-order valence-electron chi connectivity index (χ2n) is 7.10. The lowest BCUT2D eigenvalue weighted by molar-refractivity contribution is -0.136. The van der Waals surface area contributed by atoms with Crippen LogP contribution in [0.4, 0.5) is 0 Å². The highest BCUT2D eigenvalue weighted by Crippen LogP contribution is 2.34. The molecular weight excluding hydrogens is 376 g/mol. The maximum absolute atomic E-state index is 11.1. The van der Waals surface area contributed by atoms with E-state index in [9.17, 15) is 4.79 Å². The van der Waals surface area contributed by atoms with Gasteiger partial charge in [-0.25, -0.2) is 0 Å². The van der Waals surface area contributed by atoms with Crippen LogP contribution in [0.25, 0.3) is 22.5 Å². The third-order valence-corrected chi connectivity index (χ3v) is 4.61. The largest absolute Gasteiger partial charge is 0.496 e. The fourth-order valence-corrected chi connectivity index (χ4v) is 3.25. The van der Waals surface area contributed by atoms with Gasteiger partial charge < -0.3 is 9.84 Å². The van der Waals surface area contributed by atoms with Crippen molar-refractivity contribution in [1.82, 2.24) is 9.78 Å². The molecule has 1 heterocycles. The SMILES string of the molecule is COc1ccc(CC(=O)O)cc1-c1cc(-c2ccc(Cl)cc2)n(CC(C)C)n1. The highest BCUT2D eigenvalue weighted by Gasteiger charge is 2.16. The number of hydrogen-bond acceptors (Lipinski definition) is 3. The second-order valence-corrected chi connectivity index (χ2v) is 7.54. The van der Waals surface area contributed by atoms with Crippen molar-refractivity contribution in [3.05, 3.63) is 59.1 Å². The number of ether oxygens (including phenoxy) is 1. The summed E-state index contributed by atoms with van der Waals surface area (Å²) in [6.45, 7) is 5.04. The van der Waals surface area contributed by atoms with Gasteiger partial charge in [-0.3, -0.25) is 9.48 Å². The molecule has 0 atom stereocenters. The molecule has 3 rings (SSSR count). The van der Waals surface area contributed by atoms with Gasteiger partial charge in [0.1, 0.15) is 5.75 Å². The van der Waals surface area contributed by atoms with Gasteiger partial charge in [0, 0.05) is 17.1 Å². The minimum atomic E-state index is -0.872. The molecule has 0 amide bonds. The van der Waals surface area contributed by atoms with Crippen LogP contribution in [0.1, 0.15) is 19.4 Å². The highest BCUT2D eigenvalue weighted by molar-refractivity contribution is 6.30. The van der Waals surface area contributed by atoms with E-state index in [2.05, 4.69) is 13.8 Å². The summed E-state index contributed by atoms with van der Waals surface area (Å²) in [5, 5.41) is 14.6. The first-order chi connectivity index (χ1) is 13.4. The van der Waals surface area contributed by atoms with E-state index in [1.165, 1.54) is 0 Å². The van der Waals surface area contributed by atoms with Crippen molar-refractivity contribution in [3.63, 3.8) is 0 Å². The van der Waals surface area contributed by atoms with Gasteiger partial charge in [0.25, 0.3) is 0 Å². The van der Waals surface area contributed by atoms with E-state index in [0.717, 1.165) is 29.1 Å². The average molecular weight is 399 g/mol. The first-order valence-electron chi connectivity index (χ1n) is 9.10. The molecule has 146 valence electrons. The minimum Gasteiger partial charge on any atom is -0.496 e. The molecule has 0 saturated heterocycles. The second kappa shape index (κ2) is 8.48. The summed E-state index contributed by atoms with van der Waals surface area (Å²) >= 11 is 6.04. The Morgan fingerprint density at radius 1 is 1.18 bits per heavy atom. The number of carboxylic acid groups (broad SMARTS) is 1. The van der Waals surface area contributed by atoms with E-state index in [4.69, 9.17) is 26.5 Å². The number of halogens is 1. The minimum absolute atomic E-state index is 0.0479. The molecular formula is C22H23ClN2O3. The van der Waals surface area contributed by atoms with Crippen LogP contribution in [0, 0.1) is 5.92 Å². The van der Waals surface area contributed by atoms with Crippen molar-refractivity contribution < 1.29 is 14.6 Å². The molecule has 0 bridgehead atoms. The number of carbonyl (C=O) groups is 1. The van der Waals surface area contributed by atoms with Crippen LogP contribution in [0.3, 0.4) is 0 Å². The summed E-state index contributed by atoms with van der Waals surface area (Å²) in [6.07, 6.45) is -0.0479. The zero-order chi connectivity index (χ0) is 20.3. The molecule has 1 N–H and O–H groups in total. The average Bonchev–Trinajstić information content (AvgIpc) is 3.04. The molecule has 3 aromatic rings. The maximum Gasteiger partial charge on any atom is 0.307 e. The number of aromatic nitrogens is 2. The summed E-state index contributed by atoms with van der Waals surface area (Å²) < 4.78 is 7.48. The van der Waals surface area contributed by atoms with Crippen LogP contribution < -0.4 is 4.74 Å². The molecule has 0 spiro atoms. The third-order valence-electron chi connectivity index (χ3n) is 4.35. The van der Waals surface area contributed by atoms with Crippen molar-refractivity contribution in [1.29, 1.82) is 0 Å². The summed E-state index contributed by atoms with van der Waals surface area (Å²) in [7, 11) is 1.60. The summed E-state index contributed by atoms with van der Waals surface area (Å²) in [4.78, 5) is 11.1. The van der Waals surface area contributed by atoms with Crippen LogP contribution in [0.15, 0.2) is 48.5 Å².